The van der Waals surface area contributed by atoms with Crippen LogP contribution in [0.25, 0.3) is 0 Å². The minimum Gasteiger partial charge on any atom is -0.350 e. The molecule has 0 N–H and O–H groups in total. The second kappa shape index (κ2) is 6.71. The summed E-state index contributed by atoms with van der Waals surface area (Å²) in [6.07, 6.45) is 2.20. The van der Waals surface area contributed by atoms with Gasteiger partial charge < -0.3 is 4.90 Å². The highest BCUT2D eigenvalue weighted by molar-refractivity contribution is 5.16. The Morgan fingerprint density at radius 1 is 1.20 bits per heavy atom. The second-order valence-corrected chi connectivity index (χ2v) is 4.49. The van der Waals surface area contributed by atoms with Crippen molar-refractivity contribution in [1.82, 2.24) is 4.90 Å². The van der Waals surface area contributed by atoms with Crippen molar-refractivity contribution in [2.45, 2.75) is 54.4 Å². The Morgan fingerprint density at radius 2 is 1.73 bits per heavy atom. The van der Waals surface area contributed by atoms with Crippen molar-refractivity contribution in [3.05, 3.63) is 23.5 Å². The smallest absolute Gasteiger partial charge is 0.0221 e. The molecule has 0 bridgehead atoms. The summed E-state index contributed by atoms with van der Waals surface area (Å²) in [4.78, 5) is 2.37. The van der Waals surface area contributed by atoms with Gasteiger partial charge >= 0.3 is 0 Å². The zero-order valence-electron chi connectivity index (χ0n) is 11.4. The van der Waals surface area contributed by atoms with E-state index in [9.17, 15) is 0 Å². The minimum atomic E-state index is 0.619. The molecule has 0 rings (SSSR count). The van der Waals surface area contributed by atoms with E-state index in [4.69, 9.17) is 0 Å². The van der Waals surface area contributed by atoms with Gasteiger partial charge in [0.1, 0.15) is 0 Å². The van der Waals surface area contributed by atoms with E-state index in [0.717, 1.165) is 13.0 Å². The van der Waals surface area contributed by atoms with Crippen molar-refractivity contribution < 1.29 is 0 Å². The zero-order valence-corrected chi connectivity index (χ0v) is 11.4. The van der Waals surface area contributed by atoms with E-state index in [-0.39, 0.29) is 0 Å². The van der Waals surface area contributed by atoms with Gasteiger partial charge in [0.15, 0.2) is 0 Å². The molecule has 0 amide bonds. The summed E-state index contributed by atoms with van der Waals surface area (Å²) in [5.41, 5.74) is 4.09. The van der Waals surface area contributed by atoms with Crippen molar-refractivity contribution in [2.24, 2.45) is 5.92 Å². The third-order valence-corrected chi connectivity index (χ3v) is 3.08. The van der Waals surface area contributed by atoms with E-state index in [1.165, 1.54) is 23.4 Å². The van der Waals surface area contributed by atoms with Crippen LogP contribution < -0.4 is 0 Å². The maximum absolute atomic E-state index is 4.15. The first-order valence-electron chi connectivity index (χ1n) is 6.08. The van der Waals surface area contributed by atoms with E-state index in [0.29, 0.717) is 5.92 Å². The molecule has 0 spiro atoms. The molecule has 0 saturated carbocycles. The van der Waals surface area contributed by atoms with Gasteiger partial charge in [-0.25, -0.2) is 0 Å². The van der Waals surface area contributed by atoms with Crippen LogP contribution in [0.5, 0.6) is 0 Å². The molecule has 0 radical (unpaired) electrons. The molecule has 0 aromatic rings. The lowest BCUT2D eigenvalue weighted by Gasteiger charge is -2.29. The van der Waals surface area contributed by atoms with Gasteiger partial charge in [0.2, 0.25) is 0 Å². The van der Waals surface area contributed by atoms with Gasteiger partial charge in [0.25, 0.3) is 0 Å². The number of nitrogens with zero attached hydrogens (tertiary/aromatic N) is 1. The first kappa shape index (κ1) is 14.3. The monoisotopic (exact) mass is 209 g/mol. The number of hydrogen-bond donors (Lipinski definition) is 0. The highest BCUT2D eigenvalue weighted by Gasteiger charge is 2.11. The van der Waals surface area contributed by atoms with Crippen LogP contribution in [0.2, 0.25) is 0 Å². The van der Waals surface area contributed by atoms with Gasteiger partial charge in [-0.2, -0.15) is 0 Å². The lowest BCUT2D eigenvalue weighted by Crippen LogP contribution is -2.23. The first-order chi connectivity index (χ1) is 6.95. The third-order valence-electron chi connectivity index (χ3n) is 3.08. The highest BCUT2D eigenvalue weighted by Crippen LogP contribution is 2.21. The van der Waals surface area contributed by atoms with Crippen LogP contribution in [0.1, 0.15) is 54.4 Å². The molecule has 88 valence electrons. The maximum atomic E-state index is 4.15. The van der Waals surface area contributed by atoms with Gasteiger partial charge in [0.05, 0.1) is 0 Å². The summed E-state index contributed by atoms with van der Waals surface area (Å²) in [6.45, 7) is 18.6. The molecular weight excluding hydrogens is 182 g/mol. The van der Waals surface area contributed by atoms with Crippen molar-refractivity contribution in [3.63, 3.8) is 0 Å². The van der Waals surface area contributed by atoms with Crippen molar-refractivity contribution in [2.75, 3.05) is 6.54 Å². The van der Waals surface area contributed by atoms with Crippen molar-refractivity contribution in [1.29, 1.82) is 0 Å². The molecule has 1 heteroatoms. The Kier molecular flexibility index (Phi) is 6.38. The van der Waals surface area contributed by atoms with E-state index in [1.807, 2.05) is 0 Å². The lowest BCUT2D eigenvalue weighted by atomic mass is 10.0. The topological polar surface area (TPSA) is 3.24 Å². The fraction of sp³-hybridized carbons (Fsp3) is 0.714. The van der Waals surface area contributed by atoms with Gasteiger partial charge in [0, 0.05) is 17.9 Å². The van der Waals surface area contributed by atoms with E-state index in [1.54, 1.807) is 0 Å². The Bertz CT molecular complexity index is 236. The zero-order chi connectivity index (χ0) is 12.0. The Hall–Kier alpha value is -0.720. The highest BCUT2D eigenvalue weighted by atomic mass is 15.1. The molecule has 0 saturated heterocycles. The molecule has 0 aromatic carbocycles. The average molecular weight is 209 g/mol. The molecule has 0 heterocycles. The summed E-state index contributed by atoms with van der Waals surface area (Å²) >= 11 is 0. The molecule has 0 aliphatic rings. The average Bonchev–Trinajstić information content (AvgIpc) is 2.22. The largest absolute Gasteiger partial charge is 0.350 e. The third kappa shape index (κ3) is 4.11. The van der Waals surface area contributed by atoms with E-state index < -0.39 is 0 Å². The molecule has 0 unspecified atom stereocenters. The molecule has 0 fully saturated rings. The van der Waals surface area contributed by atoms with Crippen molar-refractivity contribution in [3.8, 4) is 0 Å². The summed E-state index contributed by atoms with van der Waals surface area (Å²) in [6, 6.07) is 0. The fourth-order valence-electron chi connectivity index (χ4n) is 1.61. The summed E-state index contributed by atoms with van der Waals surface area (Å²) in [5, 5.41) is 0. The Labute approximate surface area is 95.9 Å². The van der Waals surface area contributed by atoms with Crippen molar-refractivity contribution >= 4 is 0 Å². The normalized spacial score (nSPS) is 12.7. The van der Waals surface area contributed by atoms with Gasteiger partial charge in [-0.3, -0.25) is 0 Å². The molecule has 15 heavy (non-hydrogen) atoms. The lowest BCUT2D eigenvalue weighted by molar-refractivity contribution is 0.406. The van der Waals surface area contributed by atoms with Gasteiger partial charge in [-0.15, -0.1) is 0 Å². The molecular formula is C14H27N. The summed E-state index contributed by atoms with van der Waals surface area (Å²) in [5.74, 6) is 0.619. The van der Waals surface area contributed by atoms with Crippen LogP contribution in [0.3, 0.4) is 0 Å². The SMILES string of the molecule is C=C(CC)N(CCC)/C(C)=C(\C)C(C)C. The quantitative estimate of drug-likeness (QED) is 0.619. The second-order valence-electron chi connectivity index (χ2n) is 4.49. The van der Waals surface area contributed by atoms with E-state index in [2.05, 4.69) is 53.0 Å². The standard InChI is InChI=1S/C14H27N/c1-8-10-15(12(5)9-2)14(7)13(6)11(3)4/h11H,5,8-10H2,1-4,6-7H3/b14-13+. The number of allylic oxidation sites excluding steroid dienone is 3. The van der Waals surface area contributed by atoms with Crippen LogP contribution in [0.4, 0.5) is 0 Å². The predicted molar refractivity (Wildman–Crippen MR) is 69.6 cm³/mol. The summed E-state index contributed by atoms with van der Waals surface area (Å²) in [7, 11) is 0. The molecule has 0 aromatic heterocycles. The van der Waals surface area contributed by atoms with Gasteiger partial charge in [-0.1, -0.05) is 39.8 Å². The Morgan fingerprint density at radius 3 is 2.07 bits per heavy atom. The maximum Gasteiger partial charge on any atom is 0.0221 e. The van der Waals surface area contributed by atoms with Gasteiger partial charge in [-0.05, 0) is 32.6 Å². The van der Waals surface area contributed by atoms with Crippen LogP contribution in [-0.4, -0.2) is 11.4 Å². The minimum absolute atomic E-state index is 0.619. The fourth-order valence-corrected chi connectivity index (χ4v) is 1.61. The molecule has 1 nitrogen and oxygen atoms in total. The van der Waals surface area contributed by atoms with E-state index >= 15 is 0 Å². The molecule has 0 aliphatic heterocycles. The summed E-state index contributed by atoms with van der Waals surface area (Å²) < 4.78 is 0. The van der Waals surface area contributed by atoms with Crippen LogP contribution >= 0.6 is 0 Å². The predicted octanol–water partition coefficient (Wildman–Crippen LogP) is 4.57. The number of rotatable bonds is 6. The van der Waals surface area contributed by atoms with Crippen LogP contribution in [0.15, 0.2) is 23.5 Å². The number of hydrogen-bond acceptors (Lipinski definition) is 1. The van der Waals surface area contributed by atoms with Crippen LogP contribution in [-0.2, 0) is 0 Å². The first-order valence-corrected chi connectivity index (χ1v) is 6.08. The Balaban J connectivity index is 4.91. The molecule has 0 atom stereocenters. The van der Waals surface area contributed by atoms with Crippen LogP contribution in [0, 0.1) is 5.92 Å². The molecule has 0 aliphatic carbocycles.